The molecule has 0 bridgehead atoms. The van der Waals surface area contributed by atoms with Crippen LogP contribution < -0.4 is 5.32 Å². The number of carbonyl (C=O) groups is 1. The molecule has 3 rings (SSSR count). The third-order valence-corrected chi connectivity index (χ3v) is 3.92. The molecule has 1 N–H and O–H groups in total. The molecule has 7 nitrogen and oxygen atoms in total. The summed E-state index contributed by atoms with van der Waals surface area (Å²) in [5.41, 5.74) is 0.925. The molecule has 0 aliphatic carbocycles. The predicted molar refractivity (Wildman–Crippen MR) is 88.4 cm³/mol. The maximum Gasteiger partial charge on any atom is 0.239 e. The van der Waals surface area contributed by atoms with Crippen molar-refractivity contribution >= 4 is 11.7 Å². The van der Waals surface area contributed by atoms with Crippen molar-refractivity contribution in [2.45, 2.75) is 32.5 Å². The van der Waals surface area contributed by atoms with Crippen LogP contribution in [0.15, 0.2) is 35.0 Å². The molecule has 3 heterocycles. The number of pyridine rings is 1. The number of aryl methyl sites for hydroxylation is 1. The first kappa shape index (κ1) is 16.6. The Balaban J connectivity index is 1.44. The number of hydrogen-bond donors (Lipinski definition) is 1. The molecule has 1 unspecified atom stereocenters. The fourth-order valence-electron chi connectivity index (χ4n) is 2.79. The summed E-state index contributed by atoms with van der Waals surface area (Å²) in [4.78, 5) is 18.5. The van der Waals surface area contributed by atoms with Crippen molar-refractivity contribution in [1.82, 2.24) is 15.0 Å². The van der Waals surface area contributed by atoms with E-state index in [0.717, 1.165) is 31.6 Å². The molecule has 24 heavy (non-hydrogen) atoms. The van der Waals surface area contributed by atoms with Crippen molar-refractivity contribution in [3.63, 3.8) is 0 Å². The van der Waals surface area contributed by atoms with E-state index in [4.69, 9.17) is 9.26 Å². The fourth-order valence-corrected chi connectivity index (χ4v) is 2.79. The molecule has 1 fully saturated rings. The quantitative estimate of drug-likeness (QED) is 0.872. The molecule has 1 atom stereocenters. The van der Waals surface area contributed by atoms with Crippen LogP contribution in [0.1, 0.15) is 24.3 Å². The molecule has 2 aromatic heterocycles. The Morgan fingerprint density at radius 3 is 3.17 bits per heavy atom. The van der Waals surface area contributed by atoms with E-state index in [1.165, 1.54) is 0 Å². The number of amides is 1. The Labute approximate surface area is 141 Å². The molecule has 1 aliphatic rings. The van der Waals surface area contributed by atoms with Crippen LogP contribution in [0.2, 0.25) is 0 Å². The smallest absolute Gasteiger partial charge is 0.239 e. The largest absolute Gasteiger partial charge is 0.371 e. The van der Waals surface area contributed by atoms with E-state index in [9.17, 15) is 4.79 Å². The second-order valence-corrected chi connectivity index (χ2v) is 6.00. The molecule has 128 valence electrons. The third-order valence-electron chi connectivity index (χ3n) is 3.92. The minimum atomic E-state index is -0.0892. The van der Waals surface area contributed by atoms with Gasteiger partial charge in [0, 0.05) is 18.8 Å². The van der Waals surface area contributed by atoms with Gasteiger partial charge < -0.3 is 14.6 Å². The lowest BCUT2D eigenvalue weighted by Crippen LogP contribution is -2.43. The summed E-state index contributed by atoms with van der Waals surface area (Å²) < 4.78 is 10.9. The zero-order chi connectivity index (χ0) is 16.8. The Hall–Kier alpha value is -2.25. The number of carbonyl (C=O) groups excluding carboxylic acids is 1. The third kappa shape index (κ3) is 4.87. The van der Waals surface area contributed by atoms with E-state index < -0.39 is 0 Å². The van der Waals surface area contributed by atoms with Crippen LogP contribution in [0, 0.1) is 6.92 Å². The van der Waals surface area contributed by atoms with Crippen molar-refractivity contribution in [3.05, 3.63) is 41.9 Å². The summed E-state index contributed by atoms with van der Waals surface area (Å²) >= 11 is 0. The number of anilines is 1. The molecular weight excluding hydrogens is 308 g/mol. The zero-order valence-corrected chi connectivity index (χ0v) is 13.8. The number of piperidine rings is 1. The zero-order valence-electron chi connectivity index (χ0n) is 13.8. The first-order valence-electron chi connectivity index (χ1n) is 8.16. The van der Waals surface area contributed by atoms with Crippen molar-refractivity contribution in [2.24, 2.45) is 0 Å². The van der Waals surface area contributed by atoms with Crippen LogP contribution in [-0.4, -0.2) is 46.7 Å². The van der Waals surface area contributed by atoms with Crippen molar-refractivity contribution in [2.75, 3.05) is 25.0 Å². The lowest BCUT2D eigenvalue weighted by Gasteiger charge is -2.31. The van der Waals surface area contributed by atoms with Gasteiger partial charge in [0.2, 0.25) is 5.91 Å². The topological polar surface area (TPSA) is 80.5 Å². The predicted octanol–water partition coefficient (Wildman–Crippen LogP) is 2.00. The number of nitrogens with one attached hydrogen (secondary N) is 1. The van der Waals surface area contributed by atoms with Gasteiger partial charge >= 0.3 is 0 Å². The highest BCUT2D eigenvalue weighted by molar-refractivity contribution is 5.91. The number of likely N-dealkylation sites (tertiary alicyclic amines) is 1. The molecule has 0 spiro atoms. The van der Waals surface area contributed by atoms with Gasteiger partial charge in [0.05, 0.1) is 24.9 Å². The van der Waals surface area contributed by atoms with Gasteiger partial charge in [-0.1, -0.05) is 11.2 Å². The molecule has 7 heteroatoms. The number of ether oxygens (including phenoxy) is 1. The molecule has 0 aromatic carbocycles. The molecule has 0 radical (unpaired) electrons. The minimum absolute atomic E-state index is 0.0892. The highest BCUT2D eigenvalue weighted by Gasteiger charge is 2.22. The first-order valence-corrected chi connectivity index (χ1v) is 8.16. The van der Waals surface area contributed by atoms with Gasteiger partial charge in [0.15, 0.2) is 5.82 Å². The lowest BCUT2D eigenvalue weighted by molar-refractivity contribution is -0.118. The number of aromatic nitrogens is 2. The lowest BCUT2D eigenvalue weighted by atomic mass is 10.1. The minimum Gasteiger partial charge on any atom is -0.371 e. The molecule has 1 saturated heterocycles. The van der Waals surface area contributed by atoms with Crippen LogP contribution >= 0.6 is 0 Å². The van der Waals surface area contributed by atoms with Crippen LogP contribution in [0.5, 0.6) is 0 Å². The van der Waals surface area contributed by atoms with Gasteiger partial charge in [-0.05, 0) is 38.4 Å². The Morgan fingerprint density at radius 2 is 2.42 bits per heavy atom. The van der Waals surface area contributed by atoms with Crippen molar-refractivity contribution < 1.29 is 14.1 Å². The van der Waals surface area contributed by atoms with E-state index in [-0.39, 0.29) is 12.0 Å². The summed E-state index contributed by atoms with van der Waals surface area (Å²) in [6.07, 6.45) is 3.92. The fraction of sp³-hybridized carbons (Fsp3) is 0.471. The van der Waals surface area contributed by atoms with Crippen LogP contribution in [-0.2, 0) is 16.1 Å². The summed E-state index contributed by atoms with van der Waals surface area (Å²) in [5.74, 6) is 1.04. The van der Waals surface area contributed by atoms with Crippen molar-refractivity contribution in [1.29, 1.82) is 0 Å². The summed E-state index contributed by atoms with van der Waals surface area (Å²) in [6, 6.07) is 7.50. The van der Waals surface area contributed by atoms with Gasteiger partial charge in [-0.2, -0.15) is 0 Å². The van der Waals surface area contributed by atoms with E-state index in [1.54, 1.807) is 19.2 Å². The summed E-state index contributed by atoms with van der Waals surface area (Å²) in [7, 11) is 0. The standard InChI is InChI=1S/C17H22N4O3/c1-13-9-16(20-24-13)19-17(22)11-21-8-4-6-15(10-21)23-12-14-5-2-3-7-18-14/h2-3,5,7,9,15H,4,6,8,10-12H2,1H3,(H,19,20,22). The average Bonchev–Trinajstić information content (AvgIpc) is 2.99. The van der Waals surface area contributed by atoms with Gasteiger partial charge in [0.1, 0.15) is 5.76 Å². The summed E-state index contributed by atoms with van der Waals surface area (Å²) in [6.45, 7) is 4.27. The van der Waals surface area contributed by atoms with E-state index >= 15 is 0 Å². The van der Waals surface area contributed by atoms with Crippen LogP contribution in [0.4, 0.5) is 5.82 Å². The average molecular weight is 330 g/mol. The van der Waals surface area contributed by atoms with Crippen LogP contribution in [0.25, 0.3) is 0 Å². The Kier molecular flexibility index (Phi) is 5.55. The Morgan fingerprint density at radius 1 is 1.50 bits per heavy atom. The highest BCUT2D eigenvalue weighted by Crippen LogP contribution is 2.15. The molecular formula is C17H22N4O3. The number of nitrogens with zero attached hydrogens (tertiary/aromatic N) is 3. The van der Waals surface area contributed by atoms with E-state index in [0.29, 0.717) is 24.7 Å². The summed E-state index contributed by atoms with van der Waals surface area (Å²) in [5, 5.41) is 6.52. The van der Waals surface area contributed by atoms with Gasteiger partial charge in [-0.15, -0.1) is 0 Å². The van der Waals surface area contributed by atoms with E-state index in [2.05, 4.69) is 20.4 Å². The highest BCUT2D eigenvalue weighted by atomic mass is 16.5. The van der Waals surface area contributed by atoms with Gasteiger partial charge in [-0.3, -0.25) is 14.7 Å². The molecule has 1 amide bonds. The SMILES string of the molecule is Cc1cc(NC(=O)CN2CCCC(OCc3ccccn3)C2)no1. The second-order valence-electron chi connectivity index (χ2n) is 6.00. The van der Waals surface area contributed by atoms with Gasteiger partial charge in [0.25, 0.3) is 0 Å². The maximum absolute atomic E-state index is 12.1. The monoisotopic (exact) mass is 330 g/mol. The van der Waals surface area contributed by atoms with Crippen LogP contribution in [0.3, 0.4) is 0 Å². The molecule has 0 saturated carbocycles. The maximum atomic E-state index is 12.1. The molecule has 2 aromatic rings. The van der Waals surface area contributed by atoms with Gasteiger partial charge in [-0.25, -0.2) is 0 Å². The van der Waals surface area contributed by atoms with E-state index in [1.807, 2.05) is 18.2 Å². The number of hydrogen-bond acceptors (Lipinski definition) is 6. The number of rotatable bonds is 6. The second kappa shape index (κ2) is 8.03. The van der Waals surface area contributed by atoms with Crippen molar-refractivity contribution in [3.8, 4) is 0 Å². The first-order chi connectivity index (χ1) is 11.7. The Bertz CT molecular complexity index is 659. The normalized spacial score (nSPS) is 18.5. The molecule has 1 aliphatic heterocycles.